The van der Waals surface area contributed by atoms with Gasteiger partial charge in [0.25, 0.3) is 0 Å². The van der Waals surface area contributed by atoms with E-state index in [1.54, 1.807) is 6.33 Å². The van der Waals surface area contributed by atoms with Crippen molar-refractivity contribution < 1.29 is 17.0 Å². The Balaban J connectivity index is 0.000000720. The average molecular weight is 206 g/mol. The Kier molecular flexibility index (Phi) is 3.12. The van der Waals surface area contributed by atoms with Gasteiger partial charge in [-0.25, -0.2) is 4.57 Å². The quantitative estimate of drug-likeness (QED) is 0.387. The minimum absolute atomic E-state index is 0. The normalized spacial score (nSPS) is 14.1. The number of hydrogen-bond donors (Lipinski definition) is 1. The number of aromatic nitrogens is 2. The van der Waals surface area contributed by atoms with E-state index in [-0.39, 0.29) is 12.4 Å². The lowest BCUT2D eigenvalue weighted by Crippen LogP contribution is -3.00. The molecule has 66 valence electrons. The molecular formula is C7H9Cl2N3. The molecule has 0 atom stereocenters. The first kappa shape index (κ1) is 9.55. The van der Waals surface area contributed by atoms with Crippen LogP contribution in [0, 0.1) is 0 Å². The fourth-order valence-electron chi connectivity index (χ4n) is 1.22. The number of aryl methyl sites for hydroxylation is 1. The number of hydrogen-bond acceptors (Lipinski definition) is 2. The predicted molar refractivity (Wildman–Crippen MR) is 42.5 cm³/mol. The van der Waals surface area contributed by atoms with Gasteiger partial charge in [0.15, 0.2) is 0 Å². The van der Waals surface area contributed by atoms with Crippen LogP contribution in [0.4, 0.5) is 5.82 Å². The van der Waals surface area contributed by atoms with Crippen LogP contribution in [0.15, 0.2) is 12.4 Å². The van der Waals surface area contributed by atoms with Gasteiger partial charge in [-0.15, -0.1) is 0 Å². The monoisotopic (exact) mass is 205 g/mol. The van der Waals surface area contributed by atoms with Crippen molar-refractivity contribution in [2.24, 2.45) is 0 Å². The van der Waals surface area contributed by atoms with E-state index in [9.17, 15) is 0 Å². The lowest BCUT2D eigenvalue weighted by molar-refractivity contribution is -0.689. The zero-order valence-electron chi connectivity index (χ0n) is 6.43. The molecule has 1 aliphatic heterocycles. The van der Waals surface area contributed by atoms with E-state index < -0.39 is 0 Å². The van der Waals surface area contributed by atoms with E-state index in [0.29, 0.717) is 5.15 Å². The van der Waals surface area contributed by atoms with Gasteiger partial charge in [0, 0.05) is 6.42 Å². The van der Waals surface area contributed by atoms with Gasteiger partial charge in [0.1, 0.15) is 0 Å². The van der Waals surface area contributed by atoms with E-state index in [4.69, 9.17) is 11.6 Å². The molecule has 1 aromatic heterocycles. The van der Waals surface area contributed by atoms with Gasteiger partial charge in [-0.2, -0.15) is 0 Å². The number of anilines is 1. The molecule has 0 spiro atoms. The highest BCUT2D eigenvalue weighted by Gasteiger charge is 2.13. The second kappa shape index (κ2) is 3.92. The van der Waals surface area contributed by atoms with E-state index in [2.05, 4.69) is 14.9 Å². The van der Waals surface area contributed by atoms with Gasteiger partial charge < -0.3 is 17.7 Å². The molecule has 0 fully saturated rings. The first-order valence-electron chi connectivity index (χ1n) is 3.65. The molecule has 0 radical (unpaired) electrons. The summed E-state index contributed by atoms with van der Waals surface area (Å²) in [7, 11) is 0. The van der Waals surface area contributed by atoms with Gasteiger partial charge in [0.05, 0.1) is 19.2 Å². The number of halogens is 2. The lowest BCUT2D eigenvalue weighted by atomic mass is 10.3. The maximum absolute atomic E-state index is 5.71. The Morgan fingerprint density at radius 1 is 1.58 bits per heavy atom. The summed E-state index contributed by atoms with van der Waals surface area (Å²) in [5.41, 5.74) is 0. The molecule has 1 aliphatic rings. The van der Waals surface area contributed by atoms with E-state index in [0.717, 1.165) is 25.3 Å². The molecule has 2 rings (SSSR count). The Morgan fingerprint density at radius 2 is 2.42 bits per heavy atom. The molecule has 0 saturated carbocycles. The molecule has 0 aliphatic carbocycles. The molecule has 0 saturated heterocycles. The topological polar surface area (TPSA) is 28.8 Å². The van der Waals surface area contributed by atoms with Crippen molar-refractivity contribution in [1.29, 1.82) is 0 Å². The summed E-state index contributed by atoms with van der Waals surface area (Å²) in [6, 6.07) is 1.85. The van der Waals surface area contributed by atoms with Crippen molar-refractivity contribution in [1.82, 2.24) is 4.98 Å². The van der Waals surface area contributed by atoms with Gasteiger partial charge in [-0.3, -0.25) is 0 Å². The summed E-state index contributed by atoms with van der Waals surface area (Å²) in [4.78, 5) is 3.98. The number of nitrogens with one attached hydrogen (secondary N) is 1. The summed E-state index contributed by atoms with van der Waals surface area (Å²) >= 11 is 5.71. The van der Waals surface area contributed by atoms with Crippen LogP contribution >= 0.6 is 11.6 Å². The van der Waals surface area contributed by atoms with Crippen molar-refractivity contribution in [3.05, 3.63) is 17.5 Å². The summed E-state index contributed by atoms with van der Waals surface area (Å²) in [6.45, 7) is 2.06. The van der Waals surface area contributed by atoms with Crippen LogP contribution in [-0.2, 0) is 6.54 Å². The molecule has 3 nitrogen and oxygen atoms in total. The minimum atomic E-state index is 0. The smallest absolute Gasteiger partial charge is 0.227 e. The maximum atomic E-state index is 5.71. The van der Waals surface area contributed by atoms with Crippen LogP contribution in [0.3, 0.4) is 0 Å². The zero-order valence-corrected chi connectivity index (χ0v) is 7.94. The zero-order chi connectivity index (χ0) is 7.68. The first-order chi connectivity index (χ1) is 5.36. The highest BCUT2D eigenvalue weighted by molar-refractivity contribution is 6.29. The number of fused-ring (bicyclic) bond motifs is 1. The van der Waals surface area contributed by atoms with E-state index in [1.807, 2.05) is 6.07 Å². The van der Waals surface area contributed by atoms with Gasteiger partial charge in [-0.05, 0) is 11.6 Å². The molecule has 0 aromatic carbocycles. The molecule has 12 heavy (non-hydrogen) atoms. The van der Waals surface area contributed by atoms with Gasteiger partial charge in [-0.1, -0.05) is 4.98 Å². The van der Waals surface area contributed by atoms with Crippen LogP contribution in [0.2, 0.25) is 5.15 Å². The highest BCUT2D eigenvalue weighted by Crippen LogP contribution is 2.09. The predicted octanol–water partition coefficient (Wildman–Crippen LogP) is -2.16. The second-order valence-electron chi connectivity index (χ2n) is 2.57. The summed E-state index contributed by atoms with van der Waals surface area (Å²) in [5, 5.41) is 3.79. The average Bonchev–Trinajstić information content (AvgIpc) is 2.04. The SMILES string of the molecule is Clc1cc2[n+](cn1)CCCN2.[Cl-]. The Labute approximate surface area is 82.2 Å². The molecule has 1 aromatic rings. The minimum Gasteiger partial charge on any atom is -1.00 e. The van der Waals surface area contributed by atoms with Crippen molar-refractivity contribution in [2.75, 3.05) is 11.9 Å². The third-order valence-corrected chi connectivity index (χ3v) is 1.97. The van der Waals surface area contributed by atoms with Crippen LogP contribution in [0.5, 0.6) is 0 Å². The van der Waals surface area contributed by atoms with Crippen LogP contribution in [0.1, 0.15) is 6.42 Å². The maximum Gasteiger partial charge on any atom is 0.227 e. The molecule has 2 heterocycles. The Bertz CT molecular complexity index is 277. The van der Waals surface area contributed by atoms with E-state index in [1.165, 1.54) is 0 Å². The van der Waals surface area contributed by atoms with Crippen LogP contribution in [0.25, 0.3) is 0 Å². The molecule has 0 amide bonds. The largest absolute Gasteiger partial charge is 1.00 e. The van der Waals surface area contributed by atoms with E-state index >= 15 is 0 Å². The van der Waals surface area contributed by atoms with Gasteiger partial charge >= 0.3 is 0 Å². The first-order valence-corrected chi connectivity index (χ1v) is 4.03. The standard InChI is InChI=1S/C7H8ClN3.ClH/c8-6-4-7-9-2-1-3-11(7)5-10-6;/h4-5H,1-3H2;1H. The number of nitrogens with zero attached hydrogens (tertiary/aromatic N) is 2. The fraction of sp³-hybridized carbons (Fsp3) is 0.429. The van der Waals surface area contributed by atoms with Gasteiger partial charge in [0.2, 0.25) is 17.3 Å². The highest BCUT2D eigenvalue weighted by atomic mass is 35.5. The summed E-state index contributed by atoms with van der Waals surface area (Å²) in [6.07, 6.45) is 2.92. The Hall–Kier alpha value is -0.540. The molecule has 5 heteroatoms. The summed E-state index contributed by atoms with van der Waals surface area (Å²) in [5.74, 6) is 1.07. The summed E-state index contributed by atoms with van der Waals surface area (Å²) < 4.78 is 2.06. The number of rotatable bonds is 0. The molecular weight excluding hydrogens is 197 g/mol. The Morgan fingerprint density at radius 3 is 3.25 bits per heavy atom. The van der Waals surface area contributed by atoms with Crippen molar-refractivity contribution in [3.8, 4) is 0 Å². The molecule has 1 N–H and O–H groups in total. The molecule has 0 bridgehead atoms. The van der Waals surface area contributed by atoms with Crippen molar-refractivity contribution >= 4 is 17.4 Å². The van der Waals surface area contributed by atoms with Crippen LogP contribution < -0.4 is 22.3 Å². The lowest BCUT2D eigenvalue weighted by Gasteiger charge is -2.12. The fourth-order valence-corrected chi connectivity index (χ4v) is 1.36. The molecule has 0 unspecified atom stereocenters. The van der Waals surface area contributed by atoms with Crippen molar-refractivity contribution in [2.45, 2.75) is 13.0 Å². The second-order valence-corrected chi connectivity index (χ2v) is 2.96. The third-order valence-electron chi connectivity index (χ3n) is 1.77. The third kappa shape index (κ3) is 1.79. The van der Waals surface area contributed by atoms with Crippen LogP contribution in [-0.4, -0.2) is 11.5 Å². The van der Waals surface area contributed by atoms with Crippen molar-refractivity contribution in [3.63, 3.8) is 0 Å².